The summed E-state index contributed by atoms with van der Waals surface area (Å²) in [6, 6.07) is 0.133. The Hall–Kier alpha value is -0.830. The molecule has 3 nitrogen and oxygen atoms in total. The van der Waals surface area contributed by atoms with Gasteiger partial charge in [-0.1, -0.05) is 20.8 Å². The lowest BCUT2D eigenvalue weighted by molar-refractivity contribution is 0.482. The molecule has 0 amide bonds. The molecule has 0 aliphatic rings. The van der Waals surface area contributed by atoms with Gasteiger partial charge in [0.2, 0.25) is 0 Å². The lowest BCUT2D eigenvalue weighted by Gasteiger charge is -2.10. The summed E-state index contributed by atoms with van der Waals surface area (Å²) in [5.41, 5.74) is 9.73. The maximum Gasteiger partial charge on any atom is 0.0644 e. The van der Waals surface area contributed by atoms with Gasteiger partial charge >= 0.3 is 0 Å². The van der Waals surface area contributed by atoms with Crippen molar-refractivity contribution in [2.75, 3.05) is 0 Å². The molecular formula is C14H27N3. The van der Waals surface area contributed by atoms with Gasteiger partial charge in [0.25, 0.3) is 0 Å². The van der Waals surface area contributed by atoms with E-state index >= 15 is 0 Å². The number of aromatic nitrogens is 2. The molecule has 1 aromatic rings. The Labute approximate surface area is 105 Å². The van der Waals surface area contributed by atoms with Crippen molar-refractivity contribution in [2.24, 2.45) is 11.7 Å². The molecule has 0 saturated carbocycles. The van der Waals surface area contributed by atoms with Gasteiger partial charge in [-0.25, -0.2) is 0 Å². The predicted molar refractivity (Wildman–Crippen MR) is 73.0 cm³/mol. The molecule has 1 atom stereocenters. The van der Waals surface area contributed by atoms with Gasteiger partial charge in [0.1, 0.15) is 0 Å². The zero-order valence-electron chi connectivity index (χ0n) is 12.0. The van der Waals surface area contributed by atoms with Crippen LogP contribution >= 0.6 is 0 Å². The molecule has 0 aromatic carbocycles. The van der Waals surface area contributed by atoms with E-state index in [4.69, 9.17) is 5.73 Å². The number of hydrogen-bond acceptors (Lipinski definition) is 2. The number of aryl methyl sites for hydroxylation is 2. The summed E-state index contributed by atoms with van der Waals surface area (Å²) in [7, 11) is 0. The predicted octanol–water partition coefficient (Wildman–Crippen LogP) is 3.35. The van der Waals surface area contributed by atoms with E-state index in [0.29, 0.717) is 0 Å². The molecule has 17 heavy (non-hydrogen) atoms. The summed E-state index contributed by atoms with van der Waals surface area (Å²) in [5.74, 6) is 0.768. The Bertz CT molecular complexity index is 353. The van der Waals surface area contributed by atoms with Gasteiger partial charge in [0, 0.05) is 23.8 Å². The fourth-order valence-electron chi connectivity index (χ4n) is 2.32. The molecule has 1 rings (SSSR count). The zero-order valence-corrected chi connectivity index (χ0v) is 12.0. The van der Waals surface area contributed by atoms with Crippen molar-refractivity contribution in [3.63, 3.8) is 0 Å². The normalized spacial score (nSPS) is 13.4. The highest BCUT2D eigenvalue weighted by Gasteiger charge is 2.16. The third kappa shape index (κ3) is 3.56. The van der Waals surface area contributed by atoms with Crippen molar-refractivity contribution in [3.05, 3.63) is 17.0 Å². The smallest absolute Gasteiger partial charge is 0.0644 e. The first-order chi connectivity index (χ1) is 7.97. The van der Waals surface area contributed by atoms with Crippen LogP contribution in [0.4, 0.5) is 0 Å². The lowest BCUT2D eigenvalue weighted by atomic mass is 10.0. The quantitative estimate of drug-likeness (QED) is 0.824. The van der Waals surface area contributed by atoms with Crippen LogP contribution in [0.3, 0.4) is 0 Å². The van der Waals surface area contributed by atoms with E-state index in [2.05, 4.69) is 44.4 Å². The Morgan fingerprint density at radius 1 is 1.29 bits per heavy atom. The monoisotopic (exact) mass is 237 g/mol. The second kappa shape index (κ2) is 6.20. The molecule has 0 fully saturated rings. The molecule has 0 radical (unpaired) electrons. The molecule has 3 heteroatoms. The maximum atomic E-state index is 6.13. The highest BCUT2D eigenvalue weighted by Crippen LogP contribution is 2.22. The Morgan fingerprint density at radius 2 is 1.94 bits per heavy atom. The highest BCUT2D eigenvalue weighted by molar-refractivity contribution is 5.27. The molecular weight excluding hydrogens is 210 g/mol. The van der Waals surface area contributed by atoms with Crippen molar-refractivity contribution in [1.82, 2.24) is 9.78 Å². The van der Waals surface area contributed by atoms with Crippen LogP contribution in [0.1, 0.15) is 63.0 Å². The van der Waals surface area contributed by atoms with Gasteiger partial charge in [0.15, 0.2) is 0 Å². The van der Waals surface area contributed by atoms with Crippen LogP contribution in [0.15, 0.2) is 0 Å². The van der Waals surface area contributed by atoms with Crippen molar-refractivity contribution >= 4 is 0 Å². The van der Waals surface area contributed by atoms with Gasteiger partial charge in [-0.15, -0.1) is 0 Å². The van der Waals surface area contributed by atoms with Crippen LogP contribution < -0.4 is 5.73 Å². The minimum absolute atomic E-state index is 0.133. The average Bonchev–Trinajstić information content (AvgIpc) is 2.53. The van der Waals surface area contributed by atoms with Crippen molar-refractivity contribution in [3.8, 4) is 0 Å². The van der Waals surface area contributed by atoms with E-state index in [9.17, 15) is 0 Å². The second-order valence-electron chi connectivity index (χ2n) is 5.36. The fraction of sp³-hybridized carbons (Fsp3) is 0.786. The molecule has 1 unspecified atom stereocenters. The van der Waals surface area contributed by atoms with Gasteiger partial charge in [0.05, 0.1) is 5.69 Å². The van der Waals surface area contributed by atoms with Crippen molar-refractivity contribution in [1.29, 1.82) is 0 Å². The number of nitrogens with zero attached hydrogens (tertiary/aromatic N) is 2. The van der Waals surface area contributed by atoms with Gasteiger partial charge in [-0.2, -0.15) is 5.10 Å². The van der Waals surface area contributed by atoms with Crippen LogP contribution in [-0.2, 0) is 6.54 Å². The Morgan fingerprint density at radius 3 is 2.47 bits per heavy atom. The van der Waals surface area contributed by atoms with Gasteiger partial charge in [-0.3, -0.25) is 4.68 Å². The number of rotatable bonds is 6. The van der Waals surface area contributed by atoms with Crippen molar-refractivity contribution in [2.45, 2.75) is 66.5 Å². The minimum atomic E-state index is 0.133. The van der Waals surface area contributed by atoms with Gasteiger partial charge < -0.3 is 5.73 Å². The molecule has 0 saturated heterocycles. The van der Waals surface area contributed by atoms with E-state index in [1.54, 1.807) is 0 Å². The zero-order chi connectivity index (χ0) is 13.0. The largest absolute Gasteiger partial charge is 0.324 e. The molecule has 98 valence electrons. The summed E-state index contributed by atoms with van der Waals surface area (Å²) in [6.45, 7) is 11.9. The number of hydrogen-bond donors (Lipinski definition) is 1. The first-order valence-electron chi connectivity index (χ1n) is 6.76. The Balaban J connectivity index is 2.74. The highest BCUT2D eigenvalue weighted by atomic mass is 15.3. The standard InChI is InChI=1S/C14H27N3/c1-6-13(15)14-11(4)16-17(12(14)5)9-7-8-10(2)3/h10,13H,6-9,15H2,1-5H3. The van der Waals surface area contributed by atoms with Crippen LogP contribution in [0.25, 0.3) is 0 Å². The molecule has 0 bridgehead atoms. The minimum Gasteiger partial charge on any atom is -0.324 e. The van der Waals surface area contributed by atoms with Gasteiger partial charge in [-0.05, 0) is 39.0 Å². The summed E-state index contributed by atoms with van der Waals surface area (Å²) in [5, 5.41) is 4.61. The second-order valence-corrected chi connectivity index (χ2v) is 5.36. The average molecular weight is 237 g/mol. The van der Waals surface area contributed by atoms with E-state index in [-0.39, 0.29) is 6.04 Å². The Kier molecular flexibility index (Phi) is 5.19. The third-order valence-electron chi connectivity index (χ3n) is 3.40. The van der Waals surface area contributed by atoms with Crippen LogP contribution in [0.2, 0.25) is 0 Å². The van der Waals surface area contributed by atoms with E-state index < -0.39 is 0 Å². The fourth-order valence-corrected chi connectivity index (χ4v) is 2.32. The number of nitrogens with two attached hydrogens (primary N) is 1. The summed E-state index contributed by atoms with van der Waals surface area (Å²) < 4.78 is 2.13. The first-order valence-corrected chi connectivity index (χ1v) is 6.76. The van der Waals surface area contributed by atoms with E-state index in [1.165, 1.54) is 24.1 Å². The van der Waals surface area contributed by atoms with E-state index in [1.807, 2.05) is 0 Å². The molecule has 0 spiro atoms. The molecule has 2 N–H and O–H groups in total. The molecule has 0 aliphatic heterocycles. The molecule has 0 aliphatic carbocycles. The van der Waals surface area contributed by atoms with E-state index in [0.717, 1.165) is 24.6 Å². The summed E-state index contributed by atoms with van der Waals surface area (Å²) >= 11 is 0. The third-order valence-corrected chi connectivity index (χ3v) is 3.40. The van der Waals surface area contributed by atoms with Crippen LogP contribution in [0, 0.1) is 19.8 Å². The SMILES string of the molecule is CCC(N)c1c(C)nn(CCCC(C)C)c1C. The first kappa shape index (κ1) is 14.2. The van der Waals surface area contributed by atoms with Crippen molar-refractivity contribution < 1.29 is 0 Å². The van der Waals surface area contributed by atoms with Crippen LogP contribution in [0.5, 0.6) is 0 Å². The molecule has 1 aromatic heterocycles. The summed E-state index contributed by atoms with van der Waals surface area (Å²) in [4.78, 5) is 0. The summed E-state index contributed by atoms with van der Waals surface area (Å²) in [6.07, 6.45) is 3.42. The lowest BCUT2D eigenvalue weighted by Crippen LogP contribution is -2.11. The molecule has 1 heterocycles. The topological polar surface area (TPSA) is 43.8 Å². The maximum absolute atomic E-state index is 6.13. The van der Waals surface area contributed by atoms with Crippen LogP contribution in [-0.4, -0.2) is 9.78 Å².